The second kappa shape index (κ2) is 9.72. The maximum atomic E-state index is 4.41. The second-order valence-electron chi connectivity index (χ2n) is 8.60. The van der Waals surface area contributed by atoms with E-state index >= 15 is 0 Å². The first-order chi connectivity index (χ1) is 17.8. The zero-order valence-electron chi connectivity index (χ0n) is 19.6. The van der Waals surface area contributed by atoms with Gasteiger partial charge in [0, 0.05) is 33.5 Å². The molecule has 0 fully saturated rings. The van der Waals surface area contributed by atoms with Gasteiger partial charge in [0.2, 0.25) is 0 Å². The zero-order chi connectivity index (χ0) is 24.2. The molecule has 172 valence electrons. The van der Waals surface area contributed by atoms with Gasteiger partial charge in [-0.3, -0.25) is 0 Å². The fourth-order valence-electron chi connectivity index (χ4n) is 4.32. The summed E-state index contributed by atoms with van der Waals surface area (Å²) in [5, 5.41) is 20.6. The monoisotopic (exact) mass is 464 g/mol. The molecule has 6 rings (SSSR count). The van der Waals surface area contributed by atoms with Crippen LogP contribution in [-0.4, -0.2) is 0 Å². The molecule has 0 saturated carbocycles. The Labute approximate surface area is 210 Å². The lowest BCUT2D eigenvalue weighted by atomic mass is 10.1. The summed E-state index contributed by atoms with van der Waals surface area (Å²) in [6.07, 6.45) is 0. The number of rotatable bonds is 6. The molecule has 0 unspecified atom stereocenters. The van der Waals surface area contributed by atoms with Crippen LogP contribution in [0, 0.1) is 0 Å². The summed E-state index contributed by atoms with van der Waals surface area (Å²) in [6.45, 7) is 0. The number of hydrogen-bond donors (Lipinski definition) is 2. The van der Waals surface area contributed by atoms with E-state index in [1.807, 2.05) is 48.5 Å². The van der Waals surface area contributed by atoms with Crippen LogP contribution in [0.3, 0.4) is 0 Å². The highest BCUT2D eigenvalue weighted by Crippen LogP contribution is 2.29. The molecule has 6 aromatic carbocycles. The van der Waals surface area contributed by atoms with E-state index in [-0.39, 0.29) is 0 Å². The van der Waals surface area contributed by atoms with Crippen molar-refractivity contribution in [2.75, 3.05) is 10.6 Å². The Hall–Kier alpha value is -4.96. The Kier molecular flexibility index (Phi) is 5.83. The molecule has 0 radical (unpaired) electrons. The Morgan fingerprint density at radius 2 is 0.750 bits per heavy atom. The molecule has 0 heterocycles. The van der Waals surface area contributed by atoms with Crippen molar-refractivity contribution in [3.05, 3.63) is 133 Å². The molecule has 2 N–H and O–H groups in total. The van der Waals surface area contributed by atoms with Gasteiger partial charge < -0.3 is 10.6 Å². The first-order valence-electron chi connectivity index (χ1n) is 11.9. The van der Waals surface area contributed by atoms with Crippen molar-refractivity contribution in [1.82, 2.24) is 0 Å². The topological polar surface area (TPSA) is 48.8 Å². The highest BCUT2D eigenvalue weighted by molar-refractivity contribution is 5.96. The number of nitrogens with one attached hydrogen (secondary N) is 2. The first kappa shape index (κ1) is 21.6. The molecule has 0 aliphatic carbocycles. The van der Waals surface area contributed by atoms with Crippen molar-refractivity contribution in [3.8, 4) is 0 Å². The molecular weight excluding hydrogens is 440 g/mol. The number of fused-ring (bicyclic) bond motifs is 2. The van der Waals surface area contributed by atoms with Crippen molar-refractivity contribution in [3.63, 3.8) is 0 Å². The minimum absolute atomic E-state index is 0.802. The van der Waals surface area contributed by atoms with Gasteiger partial charge in [-0.05, 0) is 71.4 Å². The number of nitrogens with zero attached hydrogens (tertiary/aromatic N) is 2. The normalized spacial score (nSPS) is 11.2. The summed E-state index contributed by atoms with van der Waals surface area (Å²) in [4.78, 5) is 0. The van der Waals surface area contributed by atoms with Crippen molar-refractivity contribution in [2.24, 2.45) is 10.2 Å². The van der Waals surface area contributed by atoms with Crippen LogP contribution < -0.4 is 10.6 Å². The first-order valence-corrected chi connectivity index (χ1v) is 11.9. The van der Waals surface area contributed by atoms with E-state index in [1.165, 1.54) is 21.5 Å². The van der Waals surface area contributed by atoms with E-state index in [0.29, 0.717) is 0 Å². The number of anilines is 4. The third-order valence-electron chi connectivity index (χ3n) is 6.15. The molecule has 0 aromatic heterocycles. The second-order valence-corrected chi connectivity index (χ2v) is 8.60. The smallest absolute Gasteiger partial charge is 0.0858 e. The lowest BCUT2D eigenvalue weighted by Crippen LogP contribution is -1.90. The van der Waals surface area contributed by atoms with Gasteiger partial charge in [-0.15, -0.1) is 0 Å². The van der Waals surface area contributed by atoms with E-state index in [0.717, 1.165) is 34.1 Å². The van der Waals surface area contributed by atoms with E-state index < -0.39 is 0 Å². The molecule has 0 atom stereocenters. The van der Waals surface area contributed by atoms with Crippen LogP contribution >= 0.6 is 0 Å². The van der Waals surface area contributed by atoms with Crippen LogP contribution in [0.1, 0.15) is 0 Å². The highest BCUT2D eigenvalue weighted by Gasteiger charge is 2.03. The lowest BCUT2D eigenvalue weighted by Gasteiger charge is -2.10. The summed E-state index contributed by atoms with van der Waals surface area (Å²) < 4.78 is 0. The van der Waals surface area contributed by atoms with E-state index in [2.05, 4.69) is 106 Å². The van der Waals surface area contributed by atoms with Gasteiger partial charge in [-0.25, -0.2) is 0 Å². The average molecular weight is 465 g/mol. The molecule has 6 aromatic rings. The maximum absolute atomic E-state index is 4.41. The third-order valence-corrected chi connectivity index (χ3v) is 6.15. The summed E-state index contributed by atoms with van der Waals surface area (Å²) in [5.41, 5.74) is 5.79. The van der Waals surface area contributed by atoms with Crippen molar-refractivity contribution in [2.45, 2.75) is 0 Å². The molecular formula is C32H24N4. The van der Waals surface area contributed by atoms with Crippen LogP contribution in [0.15, 0.2) is 144 Å². The van der Waals surface area contributed by atoms with Crippen LogP contribution in [0.25, 0.3) is 21.5 Å². The maximum Gasteiger partial charge on any atom is 0.0858 e. The minimum atomic E-state index is 0.802. The quantitative estimate of drug-likeness (QED) is 0.241. The Balaban J connectivity index is 1.13. The standard InChI is InChI=1S/C32H24N4/c1-3-11-29-23(7-1)9-5-13-31(29)33-25-15-19-27(20-16-25)35-36-28-21-17-26(18-22-28)34-32-14-6-10-24-8-2-4-12-30(24)32/h1-22,33-34H/b36-35+. The van der Waals surface area contributed by atoms with Crippen LogP contribution in [-0.2, 0) is 0 Å². The minimum Gasteiger partial charge on any atom is -0.355 e. The van der Waals surface area contributed by atoms with Crippen molar-refractivity contribution >= 4 is 55.7 Å². The molecule has 36 heavy (non-hydrogen) atoms. The van der Waals surface area contributed by atoms with Crippen LogP contribution in [0.5, 0.6) is 0 Å². The number of azo groups is 1. The van der Waals surface area contributed by atoms with E-state index in [4.69, 9.17) is 0 Å². The van der Waals surface area contributed by atoms with Gasteiger partial charge in [0.15, 0.2) is 0 Å². The zero-order valence-corrected chi connectivity index (χ0v) is 19.6. The van der Waals surface area contributed by atoms with E-state index in [1.54, 1.807) is 0 Å². The molecule has 0 aliphatic heterocycles. The van der Waals surface area contributed by atoms with Gasteiger partial charge in [0.1, 0.15) is 0 Å². The van der Waals surface area contributed by atoms with Gasteiger partial charge in [-0.2, -0.15) is 10.2 Å². The summed E-state index contributed by atoms with van der Waals surface area (Å²) in [5.74, 6) is 0. The van der Waals surface area contributed by atoms with Gasteiger partial charge >= 0.3 is 0 Å². The third kappa shape index (κ3) is 4.65. The molecule has 0 aliphatic rings. The molecule has 0 saturated heterocycles. The number of benzene rings is 6. The Morgan fingerprint density at radius 1 is 0.361 bits per heavy atom. The van der Waals surface area contributed by atoms with Gasteiger partial charge in [-0.1, -0.05) is 72.8 Å². The summed E-state index contributed by atoms with van der Waals surface area (Å²) in [6, 6.07) is 45.2. The van der Waals surface area contributed by atoms with Gasteiger partial charge in [0.05, 0.1) is 11.4 Å². The Morgan fingerprint density at radius 3 is 1.19 bits per heavy atom. The molecule has 0 bridgehead atoms. The van der Waals surface area contributed by atoms with Crippen LogP contribution in [0.4, 0.5) is 34.1 Å². The molecule has 4 heteroatoms. The average Bonchev–Trinajstić information content (AvgIpc) is 2.94. The Bertz CT molecular complexity index is 1530. The van der Waals surface area contributed by atoms with Crippen molar-refractivity contribution < 1.29 is 0 Å². The van der Waals surface area contributed by atoms with Crippen molar-refractivity contribution in [1.29, 1.82) is 0 Å². The predicted molar refractivity (Wildman–Crippen MR) is 152 cm³/mol. The summed E-state index contributed by atoms with van der Waals surface area (Å²) >= 11 is 0. The molecule has 4 nitrogen and oxygen atoms in total. The SMILES string of the molecule is c1ccc2c(Nc3ccc(/N=N/c4ccc(Nc5cccc6ccccc56)cc4)cc3)cccc2c1. The fraction of sp³-hybridized carbons (Fsp3) is 0. The largest absolute Gasteiger partial charge is 0.355 e. The van der Waals surface area contributed by atoms with Gasteiger partial charge in [0.25, 0.3) is 0 Å². The molecule has 0 spiro atoms. The van der Waals surface area contributed by atoms with Crippen LogP contribution in [0.2, 0.25) is 0 Å². The fourth-order valence-corrected chi connectivity index (χ4v) is 4.32. The lowest BCUT2D eigenvalue weighted by molar-refractivity contribution is 1.23. The number of hydrogen-bond acceptors (Lipinski definition) is 4. The predicted octanol–water partition coefficient (Wildman–Crippen LogP) is 9.90. The molecule has 0 amide bonds. The highest BCUT2D eigenvalue weighted by atomic mass is 15.1. The van der Waals surface area contributed by atoms with E-state index in [9.17, 15) is 0 Å². The summed E-state index contributed by atoms with van der Waals surface area (Å²) in [7, 11) is 0.